The van der Waals surface area contributed by atoms with Gasteiger partial charge in [0.1, 0.15) is 0 Å². The summed E-state index contributed by atoms with van der Waals surface area (Å²) in [6, 6.07) is 0.258. The van der Waals surface area contributed by atoms with Crippen molar-refractivity contribution < 1.29 is 9.90 Å². The van der Waals surface area contributed by atoms with Gasteiger partial charge in [0.05, 0.1) is 23.6 Å². The van der Waals surface area contributed by atoms with Gasteiger partial charge in [-0.2, -0.15) is 5.10 Å². The molecule has 20 heavy (non-hydrogen) atoms. The van der Waals surface area contributed by atoms with Crippen LogP contribution in [0.2, 0.25) is 0 Å². The van der Waals surface area contributed by atoms with Crippen LogP contribution in [0.15, 0.2) is 6.20 Å². The van der Waals surface area contributed by atoms with Crippen LogP contribution in [0, 0.1) is 5.92 Å². The Kier molecular flexibility index (Phi) is 4.48. The second-order valence-electron chi connectivity index (χ2n) is 6.28. The number of aromatic nitrogens is 2. The first-order valence-corrected chi connectivity index (χ1v) is 7.45. The van der Waals surface area contributed by atoms with Crippen molar-refractivity contribution >= 4 is 5.91 Å². The second kappa shape index (κ2) is 5.95. The normalized spacial score (nSPS) is 16.8. The van der Waals surface area contributed by atoms with Crippen LogP contribution in [0.25, 0.3) is 0 Å². The van der Waals surface area contributed by atoms with Crippen LogP contribution in [0.4, 0.5) is 0 Å². The molecule has 1 saturated carbocycles. The third-order valence-corrected chi connectivity index (χ3v) is 3.77. The monoisotopic (exact) mass is 279 g/mol. The van der Waals surface area contributed by atoms with E-state index < -0.39 is 6.10 Å². The minimum Gasteiger partial charge on any atom is -0.391 e. The van der Waals surface area contributed by atoms with Crippen LogP contribution in [-0.2, 0) is 0 Å². The van der Waals surface area contributed by atoms with Crippen molar-refractivity contribution in [2.45, 2.75) is 58.6 Å². The number of rotatable bonds is 6. The molecule has 1 amide bonds. The molecule has 1 aromatic heterocycles. The summed E-state index contributed by atoms with van der Waals surface area (Å²) >= 11 is 0. The Morgan fingerprint density at radius 1 is 1.45 bits per heavy atom. The number of amides is 1. The summed E-state index contributed by atoms with van der Waals surface area (Å²) in [7, 11) is 0. The number of hydrogen-bond acceptors (Lipinski definition) is 3. The number of aliphatic hydroxyl groups is 1. The minimum absolute atomic E-state index is 0.126. The molecule has 0 radical (unpaired) electrons. The molecule has 1 aliphatic rings. The second-order valence-corrected chi connectivity index (χ2v) is 6.28. The fourth-order valence-corrected chi connectivity index (χ4v) is 2.25. The van der Waals surface area contributed by atoms with Gasteiger partial charge in [-0.1, -0.05) is 13.8 Å². The van der Waals surface area contributed by atoms with Gasteiger partial charge in [0.15, 0.2) is 0 Å². The molecule has 1 atom stereocenters. The molecule has 5 nitrogen and oxygen atoms in total. The average Bonchev–Trinajstić information content (AvgIpc) is 3.13. The molecule has 0 aromatic carbocycles. The number of nitrogens with one attached hydrogen (secondary N) is 1. The molecule has 2 rings (SSSR count). The number of aliphatic hydroxyl groups excluding tert-OH is 1. The summed E-state index contributed by atoms with van der Waals surface area (Å²) in [5, 5.41) is 16.9. The molecule has 0 bridgehead atoms. The van der Waals surface area contributed by atoms with E-state index in [0.717, 1.165) is 18.5 Å². The van der Waals surface area contributed by atoms with Gasteiger partial charge >= 0.3 is 0 Å². The fraction of sp³-hybridized carbons (Fsp3) is 0.733. The van der Waals surface area contributed by atoms with Gasteiger partial charge in [0, 0.05) is 18.5 Å². The van der Waals surface area contributed by atoms with Crippen molar-refractivity contribution in [3.8, 4) is 0 Å². The molecule has 112 valence electrons. The van der Waals surface area contributed by atoms with Gasteiger partial charge in [-0.15, -0.1) is 0 Å². The first-order chi connectivity index (χ1) is 9.41. The van der Waals surface area contributed by atoms with Crippen molar-refractivity contribution in [1.82, 2.24) is 15.1 Å². The summed E-state index contributed by atoms with van der Waals surface area (Å²) in [4.78, 5) is 12.3. The average molecular weight is 279 g/mol. The molecule has 1 unspecified atom stereocenters. The van der Waals surface area contributed by atoms with Crippen LogP contribution in [0.1, 0.15) is 68.5 Å². The van der Waals surface area contributed by atoms with E-state index in [0.29, 0.717) is 11.5 Å². The molecule has 0 spiro atoms. The molecule has 5 heteroatoms. The topological polar surface area (TPSA) is 67.2 Å². The maximum absolute atomic E-state index is 12.3. The van der Waals surface area contributed by atoms with Crippen molar-refractivity contribution in [2.75, 3.05) is 6.54 Å². The van der Waals surface area contributed by atoms with E-state index >= 15 is 0 Å². The molecule has 1 aliphatic carbocycles. The standard InChI is InChI=1S/C15H25N3O2/c1-9(2)13(19)8-16-15(20)12-7-17-18(10(3)4)14(12)11-5-6-11/h7,9-11,13,19H,5-6,8H2,1-4H3,(H,16,20). The highest BCUT2D eigenvalue weighted by atomic mass is 16.3. The quantitative estimate of drug-likeness (QED) is 0.838. The maximum atomic E-state index is 12.3. The Bertz CT molecular complexity index is 475. The smallest absolute Gasteiger partial charge is 0.254 e. The van der Waals surface area contributed by atoms with E-state index in [2.05, 4.69) is 24.3 Å². The lowest BCUT2D eigenvalue weighted by Gasteiger charge is -2.15. The summed E-state index contributed by atoms with van der Waals surface area (Å²) in [6.45, 7) is 8.30. The molecule has 0 saturated heterocycles. The van der Waals surface area contributed by atoms with E-state index in [9.17, 15) is 9.90 Å². The fourth-order valence-electron chi connectivity index (χ4n) is 2.25. The zero-order valence-electron chi connectivity index (χ0n) is 12.8. The third-order valence-electron chi connectivity index (χ3n) is 3.77. The number of carbonyl (C=O) groups is 1. The van der Waals surface area contributed by atoms with Crippen molar-refractivity contribution in [3.05, 3.63) is 17.5 Å². The molecule has 0 aliphatic heterocycles. The molecular formula is C15H25N3O2. The van der Waals surface area contributed by atoms with Gasteiger partial charge in [0.25, 0.3) is 5.91 Å². The number of hydrogen-bond donors (Lipinski definition) is 2. The maximum Gasteiger partial charge on any atom is 0.254 e. The lowest BCUT2D eigenvalue weighted by Crippen LogP contribution is -2.35. The largest absolute Gasteiger partial charge is 0.391 e. The SMILES string of the molecule is CC(C)C(O)CNC(=O)c1cnn(C(C)C)c1C1CC1. The van der Waals surface area contributed by atoms with Crippen molar-refractivity contribution in [2.24, 2.45) is 5.92 Å². The van der Waals surface area contributed by atoms with E-state index in [-0.39, 0.29) is 24.4 Å². The van der Waals surface area contributed by atoms with Crippen LogP contribution in [0.3, 0.4) is 0 Å². The highest BCUT2D eigenvalue weighted by molar-refractivity contribution is 5.95. The van der Waals surface area contributed by atoms with Crippen LogP contribution >= 0.6 is 0 Å². The van der Waals surface area contributed by atoms with Crippen molar-refractivity contribution in [3.63, 3.8) is 0 Å². The summed E-state index contributed by atoms with van der Waals surface area (Å²) in [5.41, 5.74) is 1.72. The predicted molar refractivity (Wildman–Crippen MR) is 77.8 cm³/mol. The van der Waals surface area contributed by atoms with Crippen molar-refractivity contribution in [1.29, 1.82) is 0 Å². The molecule has 1 heterocycles. The van der Waals surface area contributed by atoms with E-state index in [1.165, 1.54) is 0 Å². The number of carbonyl (C=O) groups excluding carboxylic acids is 1. The summed E-state index contributed by atoms with van der Waals surface area (Å²) in [6.07, 6.45) is 3.41. The minimum atomic E-state index is -0.511. The lowest BCUT2D eigenvalue weighted by atomic mass is 10.1. The summed E-state index contributed by atoms with van der Waals surface area (Å²) < 4.78 is 1.95. The Morgan fingerprint density at radius 3 is 2.60 bits per heavy atom. The van der Waals surface area contributed by atoms with Gasteiger partial charge in [-0.25, -0.2) is 0 Å². The van der Waals surface area contributed by atoms with E-state index in [4.69, 9.17) is 0 Å². The van der Waals surface area contributed by atoms with Gasteiger partial charge in [0.2, 0.25) is 0 Å². The molecule has 1 fully saturated rings. The molecule has 1 aromatic rings. The number of nitrogens with zero attached hydrogens (tertiary/aromatic N) is 2. The van der Waals surface area contributed by atoms with Crippen LogP contribution in [0.5, 0.6) is 0 Å². The third kappa shape index (κ3) is 3.20. The Morgan fingerprint density at radius 2 is 2.10 bits per heavy atom. The van der Waals surface area contributed by atoms with Crippen LogP contribution in [-0.4, -0.2) is 33.4 Å². The highest BCUT2D eigenvalue weighted by Gasteiger charge is 2.33. The van der Waals surface area contributed by atoms with E-state index in [1.54, 1.807) is 6.20 Å². The zero-order valence-corrected chi connectivity index (χ0v) is 12.8. The van der Waals surface area contributed by atoms with Gasteiger partial charge < -0.3 is 10.4 Å². The lowest BCUT2D eigenvalue weighted by molar-refractivity contribution is 0.0870. The zero-order chi connectivity index (χ0) is 14.9. The predicted octanol–water partition coefficient (Wildman–Crippen LogP) is 2.09. The first kappa shape index (κ1) is 15.0. The molecular weight excluding hydrogens is 254 g/mol. The summed E-state index contributed by atoms with van der Waals surface area (Å²) in [5.74, 6) is 0.478. The Hall–Kier alpha value is -1.36. The van der Waals surface area contributed by atoms with E-state index in [1.807, 2.05) is 18.5 Å². The van der Waals surface area contributed by atoms with Gasteiger partial charge in [-0.3, -0.25) is 9.48 Å². The first-order valence-electron chi connectivity index (χ1n) is 7.45. The Balaban J connectivity index is 2.10. The highest BCUT2D eigenvalue weighted by Crippen LogP contribution is 2.42. The van der Waals surface area contributed by atoms with Gasteiger partial charge in [-0.05, 0) is 32.6 Å². The Labute approximate surface area is 120 Å². The molecule has 2 N–H and O–H groups in total. The van der Waals surface area contributed by atoms with Crippen LogP contribution < -0.4 is 5.32 Å².